The van der Waals surface area contributed by atoms with Crippen LogP contribution in [0.5, 0.6) is 0 Å². The van der Waals surface area contributed by atoms with Gasteiger partial charge in [-0.15, -0.1) is 0 Å². The number of aromatic nitrogens is 1. The zero-order valence-electron chi connectivity index (χ0n) is 12.9. The van der Waals surface area contributed by atoms with Crippen molar-refractivity contribution in [2.45, 2.75) is 6.54 Å². The van der Waals surface area contributed by atoms with E-state index in [4.69, 9.17) is 5.73 Å². The van der Waals surface area contributed by atoms with Gasteiger partial charge in [0.2, 0.25) is 5.91 Å². The Bertz CT molecular complexity index is 1070. The minimum atomic E-state index is -0.511. The van der Waals surface area contributed by atoms with Gasteiger partial charge in [0.05, 0.1) is 11.0 Å². The highest BCUT2D eigenvalue weighted by molar-refractivity contribution is 6.17. The average molecular weight is 318 g/mol. The highest BCUT2D eigenvalue weighted by Crippen LogP contribution is 2.33. The van der Waals surface area contributed by atoms with Crippen LogP contribution < -0.4 is 5.73 Å². The van der Waals surface area contributed by atoms with Crippen molar-refractivity contribution >= 4 is 27.7 Å². The highest BCUT2D eigenvalue weighted by atomic mass is 19.1. The highest BCUT2D eigenvalue weighted by Gasteiger charge is 2.18. The molecule has 4 aromatic rings. The molecule has 118 valence electrons. The summed E-state index contributed by atoms with van der Waals surface area (Å²) in [6.45, 7) is 0.518. The number of primary amides is 1. The van der Waals surface area contributed by atoms with Crippen molar-refractivity contribution in [2.24, 2.45) is 5.73 Å². The summed E-state index contributed by atoms with van der Waals surface area (Å²) in [5, 5.41) is 1.41. The molecule has 4 heteroatoms. The van der Waals surface area contributed by atoms with Crippen molar-refractivity contribution in [2.75, 3.05) is 0 Å². The SMILES string of the molecule is NC(=O)c1cccc2c1c1cccc(F)c1n2Cc1ccccc1. The van der Waals surface area contributed by atoms with Gasteiger partial charge in [-0.25, -0.2) is 4.39 Å². The van der Waals surface area contributed by atoms with Crippen LogP contribution in [0.3, 0.4) is 0 Å². The van der Waals surface area contributed by atoms with Crippen LogP contribution in [0.2, 0.25) is 0 Å². The monoisotopic (exact) mass is 318 g/mol. The van der Waals surface area contributed by atoms with E-state index in [-0.39, 0.29) is 5.82 Å². The van der Waals surface area contributed by atoms with E-state index in [0.29, 0.717) is 28.4 Å². The molecule has 1 heterocycles. The Balaban J connectivity index is 2.10. The lowest BCUT2D eigenvalue weighted by molar-refractivity contribution is 0.100. The molecule has 0 unspecified atom stereocenters. The van der Waals surface area contributed by atoms with Crippen LogP contribution in [0.25, 0.3) is 21.8 Å². The van der Waals surface area contributed by atoms with Crippen molar-refractivity contribution in [1.29, 1.82) is 0 Å². The van der Waals surface area contributed by atoms with Gasteiger partial charge in [-0.2, -0.15) is 0 Å². The van der Waals surface area contributed by atoms with Gasteiger partial charge in [0, 0.05) is 22.9 Å². The molecule has 3 aromatic carbocycles. The fraction of sp³-hybridized carbons (Fsp3) is 0.0500. The van der Waals surface area contributed by atoms with Crippen molar-refractivity contribution in [1.82, 2.24) is 4.57 Å². The summed E-state index contributed by atoms with van der Waals surface area (Å²) in [5.74, 6) is -0.821. The second-order valence-corrected chi connectivity index (χ2v) is 5.77. The number of rotatable bonds is 3. The van der Waals surface area contributed by atoms with Gasteiger partial charge in [-0.3, -0.25) is 4.79 Å². The number of hydrogen-bond acceptors (Lipinski definition) is 1. The molecule has 24 heavy (non-hydrogen) atoms. The van der Waals surface area contributed by atoms with Gasteiger partial charge in [-0.05, 0) is 23.8 Å². The number of nitrogens with two attached hydrogens (primary N) is 1. The van der Waals surface area contributed by atoms with Crippen LogP contribution in [0.15, 0.2) is 66.7 Å². The molecule has 3 nitrogen and oxygen atoms in total. The third kappa shape index (κ3) is 2.15. The fourth-order valence-electron chi connectivity index (χ4n) is 3.30. The van der Waals surface area contributed by atoms with E-state index in [2.05, 4.69) is 0 Å². The number of benzene rings is 3. The lowest BCUT2D eigenvalue weighted by Gasteiger charge is -2.08. The van der Waals surface area contributed by atoms with Gasteiger partial charge in [-0.1, -0.05) is 48.5 Å². The number of para-hydroxylation sites is 1. The molecule has 0 aliphatic carbocycles. The topological polar surface area (TPSA) is 48.0 Å². The standard InChI is InChI=1S/C20H15FN2O/c21-16-10-4-8-14-18-15(20(22)24)9-5-11-17(18)23(19(14)16)12-13-6-2-1-3-7-13/h1-11H,12H2,(H2,22,24). The maximum Gasteiger partial charge on any atom is 0.249 e. The van der Waals surface area contributed by atoms with Crippen LogP contribution in [0.1, 0.15) is 15.9 Å². The Morgan fingerprint density at radius 3 is 2.46 bits per heavy atom. The third-order valence-electron chi connectivity index (χ3n) is 4.31. The Hall–Kier alpha value is -3.14. The summed E-state index contributed by atoms with van der Waals surface area (Å²) in [7, 11) is 0. The van der Waals surface area contributed by atoms with Gasteiger partial charge in [0.25, 0.3) is 0 Å². The Morgan fingerprint density at radius 1 is 0.958 bits per heavy atom. The van der Waals surface area contributed by atoms with E-state index in [1.807, 2.05) is 47.0 Å². The molecular weight excluding hydrogens is 303 g/mol. The lowest BCUT2D eigenvalue weighted by Crippen LogP contribution is -2.11. The number of amides is 1. The number of nitrogens with zero attached hydrogens (tertiary/aromatic N) is 1. The van der Waals surface area contributed by atoms with Gasteiger partial charge in [0.1, 0.15) is 5.82 Å². The second-order valence-electron chi connectivity index (χ2n) is 5.77. The Morgan fingerprint density at radius 2 is 1.71 bits per heavy atom. The normalized spacial score (nSPS) is 11.2. The zero-order chi connectivity index (χ0) is 16.7. The van der Waals surface area contributed by atoms with Crippen LogP contribution in [0.4, 0.5) is 4.39 Å². The molecule has 0 saturated heterocycles. The van der Waals surface area contributed by atoms with Crippen molar-refractivity contribution in [3.63, 3.8) is 0 Å². The van der Waals surface area contributed by atoms with E-state index in [9.17, 15) is 9.18 Å². The van der Waals surface area contributed by atoms with Gasteiger partial charge in [0.15, 0.2) is 0 Å². The molecule has 0 aliphatic rings. The first-order chi connectivity index (χ1) is 11.7. The molecule has 1 aromatic heterocycles. The number of hydrogen-bond donors (Lipinski definition) is 1. The van der Waals surface area contributed by atoms with Gasteiger partial charge >= 0.3 is 0 Å². The minimum Gasteiger partial charge on any atom is -0.366 e. The maximum absolute atomic E-state index is 14.6. The molecule has 0 atom stereocenters. The molecule has 0 fully saturated rings. The zero-order valence-corrected chi connectivity index (χ0v) is 12.9. The lowest BCUT2D eigenvalue weighted by atomic mass is 10.1. The largest absolute Gasteiger partial charge is 0.366 e. The molecule has 0 aliphatic heterocycles. The second kappa shape index (κ2) is 5.49. The summed E-state index contributed by atoms with van der Waals surface area (Å²) in [6.07, 6.45) is 0. The van der Waals surface area contributed by atoms with Crippen LogP contribution >= 0.6 is 0 Å². The molecular formula is C20H15FN2O. The minimum absolute atomic E-state index is 0.310. The molecule has 0 saturated carbocycles. The summed E-state index contributed by atoms with van der Waals surface area (Å²) >= 11 is 0. The average Bonchev–Trinajstić information content (AvgIpc) is 2.91. The predicted molar refractivity (Wildman–Crippen MR) is 93.5 cm³/mol. The van der Waals surface area contributed by atoms with E-state index < -0.39 is 5.91 Å². The Labute approximate surface area is 138 Å². The maximum atomic E-state index is 14.6. The first kappa shape index (κ1) is 14.5. The first-order valence-electron chi connectivity index (χ1n) is 7.70. The van der Waals surface area contributed by atoms with Crippen molar-refractivity contribution in [3.05, 3.63) is 83.7 Å². The summed E-state index contributed by atoms with van der Waals surface area (Å²) in [6, 6.07) is 20.1. The summed E-state index contributed by atoms with van der Waals surface area (Å²) in [5.41, 5.74) is 8.29. The van der Waals surface area contributed by atoms with Gasteiger partial charge < -0.3 is 10.3 Å². The van der Waals surface area contributed by atoms with E-state index in [1.54, 1.807) is 18.2 Å². The van der Waals surface area contributed by atoms with E-state index in [0.717, 1.165) is 11.1 Å². The van der Waals surface area contributed by atoms with Crippen molar-refractivity contribution < 1.29 is 9.18 Å². The molecule has 4 rings (SSSR count). The van der Waals surface area contributed by atoms with Crippen molar-refractivity contribution in [3.8, 4) is 0 Å². The molecule has 0 radical (unpaired) electrons. The number of fused-ring (bicyclic) bond motifs is 3. The van der Waals surface area contributed by atoms with E-state index >= 15 is 0 Å². The molecule has 0 spiro atoms. The number of carbonyl (C=O) groups is 1. The van der Waals surface area contributed by atoms with Crippen LogP contribution in [-0.4, -0.2) is 10.5 Å². The first-order valence-corrected chi connectivity index (χ1v) is 7.70. The molecule has 1 amide bonds. The quantitative estimate of drug-likeness (QED) is 0.608. The smallest absolute Gasteiger partial charge is 0.249 e. The molecule has 0 bridgehead atoms. The number of halogens is 1. The van der Waals surface area contributed by atoms with E-state index in [1.165, 1.54) is 6.07 Å². The number of carbonyl (C=O) groups excluding carboxylic acids is 1. The summed E-state index contributed by atoms with van der Waals surface area (Å²) in [4.78, 5) is 11.8. The molecule has 2 N–H and O–H groups in total. The predicted octanol–water partition coefficient (Wildman–Crippen LogP) is 4.08. The van der Waals surface area contributed by atoms with Crippen LogP contribution in [0, 0.1) is 5.82 Å². The summed E-state index contributed by atoms with van der Waals surface area (Å²) < 4.78 is 16.5. The van der Waals surface area contributed by atoms with Crippen LogP contribution in [-0.2, 0) is 6.54 Å². The fourth-order valence-corrected chi connectivity index (χ4v) is 3.30. The Kier molecular flexibility index (Phi) is 3.31. The third-order valence-corrected chi connectivity index (χ3v) is 4.31.